The molecule has 1 aliphatic rings. The molecule has 2 N–H and O–H groups in total. The molecule has 0 unspecified atom stereocenters. The van der Waals surface area contributed by atoms with Crippen LogP contribution in [0.1, 0.15) is 48.8 Å². The molecule has 1 aromatic heterocycles. The Kier molecular flexibility index (Phi) is 5.77. The van der Waals surface area contributed by atoms with Crippen LogP contribution in [0.4, 0.5) is 9.93 Å². The van der Waals surface area contributed by atoms with Crippen molar-refractivity contribution in [2.24, 2.45) is 0 Å². The van der Waals surface area contributed by atoms with Crippen molar-refractivity contribution < 1.29 is 9.53 Å². The third kappa shape index (κ3) is 5.01. The lowest BCUT2D eigenvalue weighted by Gasteiger charge is -2.13. The monoisotopic (exact) mass is 346 g/mol. The Balaban J connectivity index is 1.29. The first-order valence-electron chi connectivity index (χ1n) is 8.27. The number of rotatable bonds is 8. The van der Waals surface area contributed by atoms with Crippen LogP contribution in [0.3, 0.4) is 0 Å². The highest BCUT2D eigenvalue weighted by molar-refractivity contribution is 7.15. The topological polar surface area (TPSA) is 76.1 Å². The van der Waals surface area contributed by atoms with Gasteiger partial charge in [0.05, 0.1) is 6.10 Å². The molecule has 1 fully saturated rings. The number of anilines is 1. The molecular weight excluding hydrogens is 324 g/mol. The first kappa shape index (κ1) is 16.9. The van der Waals surface area contributed by atoms with Gasteiger partial charge in [0.15, 0.2) is 0 Å². The molecule has 24 heavy (non-hydrogen) atoms. The third-order valence-corrected chi connectivity index (χ3v) is 4.83. The average Bonchev–Trinajstić information content (AvgIpc) is 3.35. The van der Waals surface area contributed by atoms with Crippen molar-refractivity contribution in [1.29, 1.82) is 0 Å². The molecule has 2 aromatic rings. The van der Waals surface area contributed by atoms with Crippen molar-refractivity contribution in [2.45, 2.75) is 38.2 Å². The molecule has 0 aliphatic heterocycles. The van der Waals surface area contributed by atoms with E-state index >= 15 is 0 Å². The maximum absolute atomic E-state index is 11.8. The summed E-state index contributed by atoms with van der Waals surface area (Å²) in [6.45, 7) is 3.19. The highest BCUT2D eigenvalue weighted by atomic mass is 32.1. The standard InChI is InChI=1S/C17H22N4O2S/c1-12(13-6-3-2-4-7-13)23-11-5-10-18-16(22)19-17-21-20-15(24-17)14-8-9-14/h2-4,6-7,12,14H,5,8-11H2,1H3,(H2,18,19,21,22)/t12-/m1/s1. The lowest BCUT2D eigenvalue weighted by molar-refractivity contribution is 0.0644. The van der Waals surface area contributed by atoms with Crippen LogP contribution < -0.4 is 10.6 Å². The number of ether oxygens (including phenoxy) is 1. The Labute approximate surface area is 145 Å². The predicted molar refractivity (Wildman–Crippen MR) is 94.3 cm³/mol. The van der Waals surface area contributed by atoms with Crippen LogP contribution in [0, 0.1) is 0 Å². The Hall–Kier alpha value is -1.99. The molecule has 1 aromatic carbocycles. The molecular formula is C17H22N4O2S. The minimum Gasteiger partial charge on any atom is -0.374 e. The van der Waals surface area contributed by atoms with Crippen LogP contribution in [0.2, 0.25) is 0 Å². The van der Waals surface area contributed by atoms with E-state index in [4.69, 9.17) is 4.74 Å². The van der Waals surface area contributed by atoms with E-state index in [1.54, 1.807) is 0 Å². The minimum atomic E-state index is -0.246. The summed E-state index contributed by atoms with van der Waals surface area (Å²) in [6, 6.07) is 9.85. The van der Waals surface area contributed by atoms with Gasteiger partial charge in [-0.3, -0.25) is 5.32 Å². The molecule has 7 heteroatoms. The van der Waals surface area contributed by atoms with Crippen molar-refractivity contribution in [3.05, 3.63) is 40.9 Å². The fourth-order valence-corrected chi connectivity index (χ4v) is 3.18. The molecule has 1 aliphatic carbocycles. The van der Waals surface area contributed by atoms with Gasteiger partial charge in [-0.2, -0.15) is 0 Å². The Morgan fingerprint density at radius 3 is 2.88 bits per heavy atom. The fraction of sp³-hybridized carbons (Fsp3) is 0.471. The minimum absolute atomic E-state index is 0.0577. The first-order chi connectivity index (χ1) is 11.7. The molecule has 0 radical (unpaired) electrons. The number of carbonyl (C=O) groups is 1. The SMILES string of the molecule is C[C@@H](OCCCNC(=O)Nc1nnc(C2CC2)s1)c1ccccc1. The van der Waals surface area contributed by atoms with E-state index in [1.807, 2.05) is 37.3 Å². The molecule has 0 spiro atoms. The lowest BCUT2D eigenvalue weighted by atomic mass is 10.1. The fourth-order valence-electron chi connectivity index (χ4n) is 2.28. The Morgan fingerprint density at radius 1 is 1.33 bits per heavy atom. The summed E-state index contributed by atoms with van der Waals surface area (Å²) >= 11 is 1.46. The highest BCUT2D eigenvalue weighted by Crippen LogP contribution is 2.41. The average molecular weight is 346 g/mol. The molecule has 1 atom stereocenters. The summed E-state index contributed by atoms with van der Waals surface area (Å²) in [5, 5.41) is 15.2. The predicted octanol–water partition coefficient (Wildman–Crippen LogP) is 3.70. The largest absolute Gasteiger partial charge is 0.374 e. The smallest absolute Gasteiger partial charge is 0.321 e. The zero-order valence-corrected chi connectivity index (χ0v) is 14.5. The van der Waals surface area contributed by atoms with Gasteiger partial charge in [0.25, 0.3) is 0 Å². The molecule has 6 nitrogen and oxygen atoms in total. The van der Waals surface area contributed by atoms with Gasteiger partial charge in [0.1, 0.15) is 5.01 Å². The second kappa shape index (κ2) is 8.21. The van der Waals surface area contributed by atoms with Crippen LogP contribution in [-0.4, -0.2) is 29.4 Å². The number of hydrogen-bond donors (Lipinski definition) is 2. The second-order valence-electron chi connectivity index (χ2n) is 5.88. The van der Waals surface area contributed by atoms with Crippen molar-refractivity contribution in [3.8, 4) is 0 Å². The van der Waals surface area contributed by atoms with E-state index in [0.29, 0.717) is 24.2 Å². The second-order valence-corrected chi connectivity index (χ2v) is 6.89. The summed E-state index contributed by atoms with van der Waals surface area (Å²) in [5.74, 6) is 0.560. The number of carbonyl (C=O) groups excluding carboxylic acids is 1. The van der Waals surface area contributed by atoms with E-state index < -0.39 is 0 Å². The normalized spacial score (nSPS) is 15.0. The maximum atomic E-state index is 11.8. The molecule has 2 amide bonds. The Bertz CT molecular complexity index is 658. The van der Waals surface area contributed by atoms with Gasteiger partial charge >= 0.3 is 6.03 Å². The lowest BCUT2D eigenvalue weighted by Crippen LogP contribution is -2.30. The van der Waals surface area contributed by atoms with E-state index in [1.165, 1.54) is 24.2 Å². The molecule has 0 saturated heterocycles. The summed E-state index contributed by atoms with van der Waals surface area (Å²) in [4.78, 5) is 11.8. The van der Waals surface area contributed by atoms with E-state index in [2.05, 4.69) is 20.8 Å². The summed E-state index contributed by atoms with van der Waals surface area (Å²) in [7, 11) is 0. The number of nitrogens with zero attached hydrogens (tertiary/aromatic N) is 2. The van der Waals surface area contributed by atoms with Crippen LogP contribution in [0.25, 0.3) is 0 Å². The van der Waals surface area contributed by atoms with Crippen molar-refractivity contribution >= 4 is 22.5 Å². The number of hydrogen-bond acceptors (Lipinski definition) is 5. The van der Waals surface area contributed by atoms with Gasteiger partial charge in [-0.05, 0) is 31.7 Å². The number of aromatic nitrogens is 2. The molecule has 3 rings (SSSR count). The third-order valence-electron chi connectivity index (χ3n) is 3.83. The van der Waals surface area contributed by atoms with E-state index in [-0.39, 0.29) is 12.1 Å². The summed E-state index contributed by atoms with van der Waals surface area (Å²) < 4.78 is 5.77. The van der Waals surface area contributed by atoms with E-state index in [9.17, 15) is 4.79 Å². The summed E-state index contributed by atoms with van der Waals surface area (Å²) in [5.41, 5.74) is 1.16. The van der Waals surface area contributed by atoms with Gasteiger partial charge < -0.3 is 10.1 Å². The number of amides is 2. The first-order valence-corrected chi connectivity index (χ1v) is 9.09. The molecule has 1 heterocycles. The van der Waals surface area contributed by atoms with Crippen LogP contribution in [0.5, 0.6) is 0 Å². The maximum Gasteiger partial charge on any atom is 0.321 e. The summed E-state index contributed by atoms with van der Waals surface area (Å²) in [6.07, 6.45) is 3.18. The van der Waals surface area contributed by atoms with Crippen LogP contribution in [0.15, 0.2) is 30.3 Å². The quantitative estimate of drug-likeness (QED) is 0.715. The molecule has 0 bridgehead atoms. The zero-order chi connectivity index (χ0) is 16.8. The van der Waals surface area contributed by atoms with Gasteiger partial charge in [0, 0.05) is 19.1 Å². The highest BCUT2D eigenvalue weighted by Gasteiger charge is 2.27. The van der Waals surface area contributed by atoms with Crippen molar-refractivity contribution in [3.63, 3.8) is 0 Å². The van der Waals surface area contributed by atoms with Crippen molar-refractivity contribution in [2.75, 3.05) is 18.5 Å². The zero-order valence-electron chi connectivity index (χ0n) is 13.7. The van der Waals surface area contributed by atoms with E-state index in [0.717, 1.165) is 17.0 Å². The molecule has 128 valence electrons. The van der Waals surface area contributed by atoms with Gasteiger partial charge in [-0.25, -0.2) is 4.79 Å². The van der Waals surface area contributed by atoms with Gasteiger partial charge in [0.2, 0.25) is 5.13 Å². The molecule has 1 saturated carbocycles. The number of nitrogens with one attached hydrogen (secondary N) is 2. The Morgan fingerprint density at radius 2 is 2.12 bits per heavy atom. The number of benzene rings is 1. The van der Waals surface area contributed by atoms with Crippen LogP contribution in [-0.2, 0) is 4.74 Å². The van der Waals surface area contributed by atoms with Gasteiger partial charge in [-0.15, -0.1) is 10.2 Å². The van der Waals surface area contributed by atoms with Crippen molar-refractivity contribution in [1.82, 2.24) is 15.5 Å². The van der Waals surface area contributed by atoms with Gasteiger partial charge in [-0.1, -0.05) is 41.7 Å². The number of urea groups is 1. The van der Waals surface area contributed by atoms with Crippen LogP contribution >= 0.6 is 11.3 Å².